The Balaban J connectivity index is 1.74. The van der Waals surface area contributed by atoms with Crippen LogP contribution in [0, 0.1) is 5.41 Å². The second-order valence-electron chi connectivity index (χ2n) is 5.44. The first-order valence-corrected chi connectivity index (χ1v) is 7.15. The quantitative estimate of drug-likeness (QED) is 0.888. The number of anilines is 1. The SMILES string of the molecule is CCC1(C(=O)Nc2ccc3c(c2)OCO3)CCCNC1. The van der Waals surface area contributed by atoms with Crippen molar-refractivity contribution in [2.75, 3.05) is 25.2 Å². The molecule has 0 aliphatic carbocycles. The van der Waals surface area contributed by atoms with Crippen molar-refractivity contribution in [1.82, 2.24) is 5.32 Å². The van der Waals surface area contributed by atoms with Crippen molar-refractivity contribution < 1.29 is 14.3 Å². The Morgan fingerprint density at radius 2 is 2.25 bits per heavy atom. The zero-order valence-electron chi connectivity index (χ0n) is 11.7. The molecule has 1 amide bonds. The summed E-state index contributed by atoms with van der Waals surface area (Å²) in [5.41, 5.74) is 0.465. The lowest BCUT2D eigenvalue weighted by molar-refractivity contribution is -0.126. The standard InChI is InChI=1S/C15H20N2O3/c1-2-15(6-3-7-16-9-15)14(18)17-11-4-5-12-13(8-11)20-10-19-12/h4-5,8,16H,2-3,6-7,9-10H2,1H3,(H,17,18). The van der Waals surface area contributed by atoms with Crippen molar-refractivity contribution in [2.45, 2.75) is 26.2 Å². The number of ether oxygens (including phenoxy) is 2. The maximum absolute atomic E-state index is 12.6. The topological polar surface area (TPSA) is 59.6 Å². The van der Waals surface area contributed by atoms with Gasteiger partial charge in [-0.3, -0.25) is 4.79 Å². The molecule has 2 aliphatic heterocycles. The third-order valence-electron chi connectivity index (χ3n) is 4.26. The molecule has 1 atom stereocenters. The summed E-state index contributed by atoms with van der Waals surface area (Å²) in [4.78, 5) is 12.6. The van der Waals surface area contributed by atoms with Crippen molar-refractivity contribution in [3.05, 3.63) is 18.2 Å². The fourth-order valence-electron chi connectivity index (χ4n) is 2.86. The summed E-state index contributed by atoms with van der Waals surface area (Å²) in [6, 6.07) is 5.50. The lowest BCUT2D eigenvalue weighted by Gasteiger charge is -2.35. The van der Waals surface area contributed by atoms with E-state index in [4.69, 9.17) is 9.47 Å². The number of benzene rings is 1. The fourth-order valence-corrected chi connectivity index (χ4v) is 2.86. The van der Waals surface area contributed by atoms with Crippen molar-refractivity contribution in [1.29, 1.82) is 0 Å². The zero-order chi connectivity index (χ0) is 14.0. The van der Waals surface area contributed by atoms with Crippen LogP contribution in [0.2, 0.25) is 0 Å². The molecule has 3 rings (SSSR count). The van der Waals surface area contributed by atoms with Crippen LogP contribution in [0.3, 0.4) is 0 Å². The molecule has 20 heavy (non-hydrogen) atoms. The summed E-state index contributed by atoms with van der Waals surface area (Å²) in [6.07, 6.45) is 2.83. The number of amides is 1. The lowest BCUT2D eigenvalue weighted by Crippen LogP contribution is -2.47. The Morgan fingerprint density at radius 3 is 3.00 bits per heavy atom. The second-order valence-corrected chi connectivity index (χ2v) is 5.44. The molecule has 0 bridgehead atoms. The van der Waals surface area contributed by atoms with Gasteiger partial charge in [0.15, 0.2) is 11.5 Å². The average molecular weight is 276 g/mol. The number of rotatable bonds is 3. The molecule has 1 aromatic carbocycles. The molecule has 0 spiro atoms. The summed E-state index contributed by atoms with van der Waals surface area (Å²) in [6.45, 7) is 4.07. The Kier molecular flexibility index (Phi) is 3.53. The maximum Gasteiger partial charge on any atom is 0.231 e. The van der Waals surface area contributed by atoms with Gasteiger partial charge in [-0.1, -0.05) is 6.92 Å². The van der Waals surface area contributed by atoms with Crippen LogP contribution < -0.4 is 20.1 Å². The van der Waals surface area contributed by atoms with E-state index in [0.717, 1.165) is 43.8 Å². The molecular weight excluding hydrogens is 256 g/mol. The third kappa shape index (κ3) is 2.33. The van der Waals surface area contributed by atoms with E-state index in [2.05, 4.69) is 17.6 Å². The molecule has 108 valence electrons. The van der Waals surface area contributed by atoms with Gasteiger partial charge in [-0.2, -0.15) is 0 Å². The summed E-state index contributed by atoms with van der Waals surface area (Å²) in [5, 5.41) is 6.35. The van der Waals surface area contributed by atoms with Crippen LogP contribution in [0.1, 0.15) is 26.2 Å². The fraction of sp³-hybridized carbons (Fsp3) is 0.533. The van der Waals surface area contributed by atoms with Crippen LogP contribution in [0.5, 0.6) is 11.5 Å². The first-order chi connectivity index (χ1) is 9.73. The van der Waals surface area contributed by atoms with Crippen LogP contribution in [-0.4, -0.2) is 25.8 Å². The van der Waals surface area contributed by atoms with Gasteiger partial charge in [0.1, 0.15) is 0 Å². The van der Waals surface area contributed by atoms with Gasteiger partial charge in [-0.25, -0.2) is 0 Å². The highest BCUT2D eigenvalue weighted by atomic mass is 16.7. The number of carbonyl (C=O) groups is 1. The van der Waals surface area contributed by atoms with Gasteiger partial charge in [-0.05, 0) is 37.9 Å². The first kappa shape index (κ1) is 13.2. The van der Waals surface area contributed by atoms with E-state index in [9.17, 15) is 4.79 Å². The summed E-state index contributed by atoms with van der Waals surface area (Å²) < 4.78 is 10.6. The molecule has 5 heteroatoms. The van der Waals surface area contributed by atoms with Crippen LogP contribution in [0.4, 0.5) is 5.69 Å². The molecule has 1 fully saturated rings. The van der Waals surface area contributed by atoms with Gasteiger partial charge in [0, 0.05) is 18.3 Å². The van der Waals surface area contributed by atoms with Crippen molar-refractivity contribution in [2.24, 2.45) is 5.41 Å². The van der Waals surface area contributed by atoms with E-state index >= 15 is 0 Å². The molecule has 2 aliphatic rings. The van der Waals surface area contributed by atoms with E-state index in [0.29, 0.717) is 5.75 Å². The van der Waals surface area contributed by atoms with Gasteiger partial charge in [0.2, 0.25) is 12.7 Å². The Morgan fingerprint density at radius 1 is 1.40 bits per heavy atom. The highest BCUT2D eigenvalue weighted by Crippen LogP contribution is 2.36. The number of hydrogen-bond donors (Lipinski definition) is 2. The zero-order valence-corrected chi connectivity index (χ0v) is 11.7. The molecule has 5 nitrogen and oxygen atoms in total. The van der Waals surface area contributed by atoms with Gasteiger partial charge >= 0.3 is 0 Å². The highest BCUT2D eigenvalue weighted by molar-refractivity contribution is 5.95. The minimum Gasteiger partial charge on any atom is -0.454 e. The van der Waals surface area contributed by atoms with Crippen LogP contribution in [0.25, 0.3) is 0 Å². The molecule has 0 aromatic heterocycles. The molecule has 1 saturated heterocycles. The van der Waals surface area contributed by atoms with Gasteiger partial charge < -0.3 is 20.1 Å². The molecule has 0 radical (unpaired) electrons. The van der Waals surface area contributed by atoms with E-state index in [1.807, 2.05) is 18.2 Å². The average Bonchev–Trinajstić information content (AvgIpc) is 2.95. The highest BCUT2D eigenvalue weighted by Gasteiger charge is 2.37. The smallest absolute Gasteiger partial charge is 0.231 e. The van der Waals surface area contributed by atoms with Crippen molar-refractivity contribution in [3.8, 4) is 11.5 Å². The van der Waals surface area contributed by atoms with Gasteiger partial charge in [-0.15, -0.1) is 0 Å². The molecule has 2 N–H and O–H groups in total. The maximum atomic E-state index is 12.6. The minimum atomic E-state index is -0.297. The summed E-state index contributed by atoms with van der Waals surface area (Å²) in [5.74, 6) is 1.51. The number of hydrogen-bond acceptors (Lipinski definition) is 4. The second kappa shape index (κ2) is 5.32. The monoisotopic (exact) mass is 276 g/mol. The predicted molar refractivity (Wildman–Crippen MR) is 76.0 cm³/mol. The van der Waals surface area contributed by atoms with E-state index in [1.165, 1.54) is 0 Å². The summed E-state index contributed by atoms with van der Waals surface area (Å²) >= 11 is 0. The van der Waals surface area contributed by atoms with Gasteiger partial charge in [0.25, 0.3) is 0 Å². The number of fused-ring (bicyclic) bond motifs is 1. The Bertz CT molecular complexity index is 510. The third-order valence-corrected chi connectivity index (χ3v) is 4.26. The Hall–Kier alpha value is -1.75. The van der Waals surface area contributed by atoms with E-state index < -0.39 is 0 Å². The largest absolute Gasteiger partial charge is 0.454 e. The summed E-state index contributed by atoms with van der Waals surface area (Å²) in [7, 11) is 0. The predicted octanol–water partition coefficient (Wildman–Crippen LogP) is 2.13. The van der Waals surface area contributed by atoms with Crippen molar-refractivity contribution >= 4 is 11.6 Å². The molecule has 2 heterocycles. The first-order valence-electron chi connectivity index (χ1n) is 7.15. The van der Waals surface area contributed by atoms with Crippen molar-refractivity contribution in [3.63, 3.8) is 0 Å². The lowest BCUT2D eigenvalue weighted by atomic mass is 9.77. The molecular formula is C15H20N2O3. The van der Waals surface area contributed by atoms with Crippen LogP contribution in [0.15, 0.2) is 18.2 Å². The minimum absolute atomic E-state index is 0.0889. The van der Waals surface area contributed by atoms with Crippen LogP contribution >= 0.6 is 0 Å². The number of carbonyl (C=O) groups excluding carboxylic acids is 1. The number of nitrogens with one attached hydrogen (secondary N) is 2. The molecule has 0 saturated carbocycles. The normalized spacial score (nSPS) is 24.4. The van der Waals surface area contributed by atoms with E-state index in [-0.39, 0.29) is 18.1 Å². The number of piperidine rings is 1. The Labute approximate surface area is 118 Å². The van der Waals surface area contributed by atoms with E-state index in [1.54, 1.807) is 0 Å². The van der Waals surface area contributed by atoms with Gasteiger partial charge in [0.05, 0.1) is 5.41 Å². The molecule has 1 aromatic rings. The molecule has 1 unspecified atom stereocenters. The van der Waals surface area contributed by atoms with Crippen LogP contribution in [-0.2, 0) is 4.79 Å².